The van der Waals surface area contributed by atoms with E-state index in [1.165, 1.54) is 6.07 Å². The summed E-state index contributed by atoms with van der Waals surface area (Å²) in [6.45, 7) is 2.13. The smallest absolute Gasteiger partial charge is 0.338 e. The number of nitrogens with one attached hydrogen (secondary N) is 2. The Kier molecular flexibility index (Phi) is 3.13. The molecule has 0 aliphatic carbocycles. The first kappa shape index (κ1) is 11.9. The van der Waals surface area contributed by atoms with Gasteiger partial charge in [0.15, 0.2) is 5.76 Å². The van der Waals surface area contributed by atoms with Crippen LogP contribution in [-0.4, -0.2) is 27.2 Å². The van der Waals surface area contributed by atoms with Gasteiger partial charge in [0.05, 0.1) is 11.8 Å². The van der Waals surface area contributed by atoms with Crippen LogP contribution in [0.1, 0.15) is 32.2 Å². The number of aryl methyl sites for hydroxylation is 1. The molecule has 2 heterocycles. The number of hydrogen-bond donors (Lipinski definition) is 3. The Morgan fingerprint density at radius 1 is 1.56 bits per heavy atom. The molecule has 2 rings (SSSR count). The lowest BCUT2D eigenvalue weighted by Crippen LogP contribution is -2.22. The number of carbonyl (C=O) groups is 2. The average molecular weight is 249 g/mol. The molecule has 94 valence electrons. The molecule has 0 radical (unpaired) electrons. The minimum atomic E-state index is -1.14. The average Bonchev–Trinajstić information content (AvgIpc) is 2.94. The third-order valence-corrected chi connectivity index (χ3v) is 2.44. The molecule has 2 aromatic heterocycles. The van der Waals surface area contributed by atoms with Crippen molar-refractivity contribution in [3.05, 3.63) is 41.1 Å². The highest BCUT2D eigenvalue weighted by Crippen LogP contribution is 2.08. The first-order valence-corrected chi connectivity index (χ1v) is 5.17. The highest BCUT2D eigenvalue weighted by molar-refractivity contribution is 5.95. The van der Waals surface area contributed by atoms with Crippen LogP contribution in [0.5, 0.6) is 0 Å². The fourth-order valence-electron chi connectivity index (χ4n) is 1.38. The van der Waals surface area contributed by atoms with Crippen LogP contribution in [0, 0.1) is 6.92 Å². The van der Waals surface area contributed by atoms with Crippen molar-refractivity contribution >= 4 is 11.9 Å². The van der Waals surface area contributed by atoms with Crippen molar-refractivity contribution in [1.82, 2.24) is 15.5 Å². The molecule has 18 heavy (non-hydrogen) atoms. The molecule has 1 amide bonds. The van der Waals surface area contributed by atoms with E-state index in [-0.39, 0.29) is 11.3 Å². The number of H-pyrrole nitrogens is 1. The SMILES string of the molecule is Cc1[nH]ncc1CNC(=O)c1cc(C(=O)O)co1. The maximum absolute atomic E-state index is 11.7. The van der Waals surface area contributed by atoms with Crippen molar-refractivity contribution in [2.45, 2.75) is 13.5 Å². The Balaban J connectivity index is 1.99. The molecule has 2 aromatic rings. The lowest BCUT2D eigenvalue weighted by molar-refractivity contribution is 0.0696. The van der Waals surface area contributed by atoms with Crippen LogP contribution in [0.2, 0.25) is 0 Å². The minimum Gasteiger partial charge on any atom is -0.478 e. The van der Waals surface area contributed by atoms with Gasteiger partial charge in [-0.25, -0.2) is 4.79 Å². The molecule has 0 aliphatic heterocycles. The van der Waals surface area contributed by atoms with E-state index in [0.717, 1.165) is 17.5 Å². The summed E-state index contributed by atoms with van der Waals surface area (Å²) in [5.74, 6) is -1.64. The topological polar surface area (TPSA) is 108 Å². The summed E-state index contributed by atoms with van der Waals surface area (Å²) in [6.07, 6.45) is 2.64. The number of aromatic carboxylic acids is 1. The van der Waals surface area contributed by atoms with Gasteiger partial charge in [0.1, 0.15) is 6.26 Å². The van der Waals surface area contributed by atoms with Gasteiger partial charge in [-0.1, -0.05) is 0 Å². The van der Waals surface area contributed by atoms with Gasteiger partial charge in [-0.05, 0) is 6.92 Å². The number of nitrogens with zero attached hydrogens (tertiary/aromatic N) is 1. The van der Waals surface area contributed by atoms with Crippen LogP contribution in [0.25, 0.3) is 0 Å². The Labute approximate surface area is 102 Å². The lowest BCUT2D eigenvalue weighted by atomic mass is 10.2. The molecule has 3 N–H and O–H groups in total. The maximum Gasteiger partial charge on any atom is 0.338 e. The van der Waals surface area contributed by atoms with E-state index >= 15 is 0 Å². The Morgan fingerprint density at radius 2 is 2.33 bits per heavy atom. The molecule has 0 unspecified atom stereocenters. The molecule has 7 heteroatoms. The van der Waals surface area contributed by atoms with E-state index in [0.29, 0.717) is 6.54 Å². The second-order valence-corrected chi connectivity index (χ2v) is 3.71. The van der Waals surface area contributed by atoms with Gasteiger partial charge < -0.3 is 14.8 Å². The van der Waals surface area contributed by atoms with Crippen molar-refractivity contribution in [2.24, 2.45) is 0 Å². The number of carboxylic acid groups (broad SMARTS) is 1. The highest BCUT2D eigenvalue weighted by Gasteiger charge is 2.14. The molecule has 0 bridgehead atoms. The molecule has 0 saturated carbocycles. The molecule has 0 fully saturated rings. The van der Waals surface area contributed by atoms with E-state index in [9.17, 15) is 9.59 Å². The van der Waals surface area contributed by atoms with Crippen molar-refractivity contribution in [3.8, 4) is 0 Å². The third kappa shape index (κ3) is 2.40. The molecule has 0 aliphatic rings. The van der Waals surface area contributed by atoms with Crippen LogP contribution in [0.15, 0.2) is 22.9 Å². The van der Waals surface area contributed by atoms with Gasteiger partial charge >= 0.3 is 5.97 Å². The third-order valence-electron chi connectivity index (χ3n) is 2.44. The second-order valence-electron chi connectivity index (χ2n) is 3.71. The number of aromatic nitrogens is 2. The van der Waals surface area contributed by atoms with Gasteiger partial charge in [-0.15, -0.1) is 0 Å². The van der Waals surface area contributed by atoms with E-state index in [4.69, 9.17) is 9.52 Å². The van der Waals surface area contributed by atoms with Crippen LogP contribution in [0.4, 0.5) is 0 Å². The minimum absolute atomic E-state index is 0.0338. The highest BCUT2D eigenvalue weighted by atomic mass is 16.4. The molecule has 7 nitrogen and oxygen atoms in total. The molecule has 0 atom stereocenters. The van der Waals surface area contributed by atoms with E-state index in [2.05, 4.69) is 15.5 Å². The first-order valence-electron chi connectivity index (χ1n) is 5.17. The summed E-state index contributed by atoms with van der Waals surface area (Å²) in [7, 11) is 0. The van der Waals surface area contributed by atoms with E-state index in [1.807, 2.05) is 6.92 Å². The quantitative estimate of drug-likeness (QED) is 0.747. The number of rotatable bonds is 4. The predicted octanol–water partition coefficient (Wildman–Crippen LogP) is 0.939. The number of carbonyl (C=O) groups excluding carboxylic acids is 1. The van der Waals surface area contributed by atoms with Crippen molar-refractivity contribution < 1.29 is 19.1 Å². The molecule has 0 aromatic carbocycles. The Morgan fingerprint density at radius 3 is 2.89 bits per heavy atom. The summed E-state index contributed by atoms with van der Waals surface area (Å²) in [4.78, 5) is 22.3. The Bertz CT molecular complexity index is 585. The zero-order chi connectivity index (χ0) is 13.1. The van der Waals surface area contributed by atoms with Crippen LogP contribution < -0.4 is 5.32 Å². The van der Waals surface area contributed by atoms with Gasteiger partial charge in [0, 0.05) is 23.9 Å². The van der Waals surface area contributed by atoms with Crippen LogP contribution in [0.3, 0.4) is 0 Å². The maximum atomic E-state index is 11.7. The second kappa shape index (κ2) is 4.74. The molecule has 0 saturated heterocycles. The van der Waals surface area contributed by atoms with Gasteiger partial charge in [-0.3, -0.25) is 9.89 Å². The summed E-state index contributed by atoms with van der Waals surface area (Å²) in [5.41, 5.74) is 1.66. The fourth-order valence-corrected chi connectivity index (χ4v) is 1.38. The summed E-state index contributed by atoms with van der Waals surface area (Å²) >= 11 is 0. The monoisotopic (exact) mass is 249 g/mol. The standard InChI is InChI=1S/C11H11N3O4/c1-6-8(4-13-14-6)3-12-10(15)9-2-7(5-18-9)11(16)17/h2,4-5H,3H2,1H3,(H,12,15)(H,13,14)(H,16,17). The van der Waals surface area contributed by atoms with Crippen molar-refractivity contribution in [1.29, 1.82) is 0 Å². The van der Waals surface area contributed by atoms with Crippen molar-refractivity contribution in [3.63, 3.8) is 0 Å². The van der Waals surface area contributed by atoms with E-state index < -0.39 is 11.9 Å². The summed E-state index contributed by atoms with van der Waals surface area (Å²) in [6, 6.07) is 1.18. The first-order chi connectivity index (χ1) is 8.58. The predicted molar refractivity (Wildman–Crippen MR) is 60.2 cm³/mol. The largest absolute Gasteiger partial charge is 0.478 e. The normalized spacial score (nSPS) is 10.3. The zero-order valence-electron chi connectivity index (χ0n) is 9.56. The zero-order valence-corrected chi connectivity index (χ0v) is 9.56. The fraction of sp³-hybridized carbons (Fsp3) is 0.182. The number of carboxylic acids is 1. The van der Waals surface area contributed by atoms with E-state index in [1.54, 1.807) is 6.20 Å². The van der Waals surface area contributed by atoms with Crippen molar-refractivity contribution in [2.75, 3.05) is 0 Å². The van der Waals surface area contributed by atoms with Gasteiger partial charge in [-0.2, -0.15) is 5.10 Å². The molecular weight excluding hydrogens is 238 g/mol. The number of aromatic amines is 1. The Hall–Kier alpha value is -2.57. The molecule has 0 spiro atoms. The molecular formula is C11H11N3O4. The number of furan rings is 1. The van der Waals surface area contributed by atoms with Crippen LogP contribution >= 0.6 is 0 Å². The van der Waals surface area contributed by atoms with Gasteiger partial charge in [0.25, 0.3) is 5.91 Å². The van der Waals surface area contributed by atoms with Gasteiger partial charge in [0.2, 0.25) is 0 Å². The number of amides is 1. The summed E-state index contributed by atoms with van der Waals surface area (Å²) in [5, 5.41) is 17.9. The van der Waals surface area contributed by atoms with Crippen LogP contribution in [-0.2, 0) is 6.54 Å². The summed E-state index contributed by atoms with van der Waals surface area (Å²) < 4.78 is 4.87. The number of hydrogen-bond acceptors (Lipinski definition) is 4. The lowest BCUT2D eigenvalue weighted by Gasteiger charge is -2.01.